The van der Waals surface area contributed by atoms with Crippen LogP contribution in [0.4, 0.5) is 0 Å². The average Bonchev–Trinajstić information content (AvgIpc) is 2.05. The summed E-state index contributed by atoms with van der Waals surface area (Å²) in [6, 6.07) is 11.6. The molecule has 2 aromatic rings. The maximum atomic E-state index is 9.20. The smallest absolute Gasteiger partial charge is 0.116 e. The van der Waals surface area contributed by atoms with Crippen LogP contribution in [0.1, 0.15) is 5.56 Å². The van der Waals surface area contributed by atoms with E-state index >= 15 is 0 Å². The molecule has 0 unspecified atom stereocenters. The van der Waals surface area contributed by atoms with Gasteiger partial charge in [0.1, 0.15) is 5.75 Å². The predicted molar refractivity (Wildman–Crippen MR) is 56.1 cm³/mol. The topological polar surface area (TPSA) is 20.2 Å². The van der Waals surface area contributed by atoms with Crippen molar-refractivity contribution in [2.45, 2.75) is 6.92 Å². The maximum absolute atomic E-state index is 9.20. The van der Waals surface area contributed by atoms with E-state index in [1.165, 1.54) is 10.9 Å². The first kappa shape index (κ1) is 9.65. The monoisotopic (exact) mass is 169 g/mol. The third-order valence-corrected chi connectivity index (χ3v) is 1.98. The van der Waals surface area contributed by atoms with E-state index in [4.69, 9.17) is 0 Å². The highest BCUT2D eigenvalue weighted by atomic mass is 16.3. The quantitative estimate of drug-likeness (QED) is 0.600. The van der Waals surface area contributed by atoms with Gasteiger partial charge >= 0.3 is 0 Å². The van der Waals surface area contributed by atoms with Crippen LogP contribution in [-0.4, -0.2) is 13.5 Å². The lowest BCUT2D eigenvalue weighted by Crippen LogP contribution is -1.74. The second kappa shape index (κ2) is 3.52. The van der Waals surface area contributed by atoms with Gasteiger partial charge in [-0.25, -0.2) is 0 Å². The maximum Gasteiger partial charge on any atom is 0.116 e. The minimum absolute atomic E-state index is 0. The van der Waals surface area contributed by atoms with Crippen LogP contribution in [0.25, 0.3) is 10.8 Å². The lowest BCUT2D eigenvalue weighted by Gasteiger charge is -1.99. The van der Waals surface area contributed by atoms with Crippen LogP contribution in [0.3, 0.4) is 0 Å². The molecule has 0 aromatic heterocycles. The summed E-state index contributed by atoms with van der Waals surface area (Å²) >= 11 is 0. The Balaban J connectivity index is 0.000000845. The van der Waals surface area contributed by atoms with Crippen LogP contribution >= 0.6 is 0 Å². The molecule has 2 heteroatoms. The summed E-state index contributed by atoms with van der Waals surface area (Å²) in [7, 11) is 0. The van der Waals surface area contributed by atoms with Crippen molar-refractivity contribution in [3.8, 4) is 5.75 Å². The molecular formula is C11H10BO. The van der Waals surface area contributed by atoms with Gasteiger partial charge in [-0.3, -0.25) is 0 Å². The van der Waals surface area contributed by atoms with Crippen LogP contribution in [0, 0.1) is 6.92 Å². The van der Waals surface area contributed by atoms with E-state index in [1.807, 2.05) is 18.2 Å². The van der Waals surface area contributed by atoms with Gasteiger partial charge in [-0.15, -0.1) is 0 Å². The Hall–Kier alpha value is -1.44. The van der Waals surface area contributed by atoms with E-state index in [1.54, 1.807) is 12.1 Å². The molecule has 0 fully saturated rings. The molecule has 3 radical (unpaired) electrons. The molecule has 0 spiro atoms. The van der Waals surface area contributed by atoms with Crippen molar-refractivity contribution in [1.29, 1.82) is 0 Å². The molecule has 0 aliphatic heterocycles. The minimum atomic E-state index is 0. The molecule has 2 aromatic carbocycles. The molecule has 0 bridgehead atoms. The second-order valence-electron chi connectivity index (χ2n) is 3.03. The van der Waals surface area contributed by atoms with Gasteiger partial charge in [0.2, 0.25) is 0 Å². The van der Waals surface area contributed by atoms with Crippen molar-refractivity contribution in [2.75, 3.05) is 0 Å². The SMILES string of the molecule is Cc1ccc2cc(O)ccc2c1.[B]. The molecule has 1 nitrogen and oxygen atoms in total. The van der Waals surface area contributed by atoms with Crippen LogP contribution in [-0.2, 0) is 0 Å². The van der Waals surface area contributed by atoms with Crippen molar-refractivity contribution in [1.82, 2.24) is 0 Å². The molecule has 63 valence electrons. The predicted octanol–water partition coefficient (Wildman–Crippen LogP) is 2.47. The molecular weight excluding hydrogens is 159 g/mol. The van der Waals surface area contributed by atoms with Gasteiger partial charge in [-0.05, 0) is 29.8 Å². The summed E-state index contributed by atoms with van der Waals surface area (Å²) in [6.45, 7) is 2.06. The Morgan fingerprint density at radius 1 is 0.923 bits per heavy atom. The highest BCUT2D eigenvalue weighted by Gasteiger charge is 1.93. The van der Waals surface area contributed by atoms with Crippen molar-refractivity contribution >= 4 is 19.2 Å². The van der Waals surface area contributed by atoms with Crippen molar-refractivity contribution in [3.63, 3.8) is 0 Å². The van der Waals surface area contributed by atoms with E-state index in [9.17, 15) is 5.11 Å². The van der Waals surface area contributed by atoms with E-state index < -0.39 is 0 Å². The van der Waals surface area contributed by atoms with Crippen LogP contribution < -0.4 is 0 Å². The minimum Gasteiger partial charge on any atom is -0.508 e. The number of phenols is 1. The molecule has 0 amide bonds. The molecule has 13 heavy (non-hydrogen) atoms. The number of fused-ring (bicyclic) bond motifs is 1. The number of rotatable bonds is 0. The van der Waals surface area contributed by atoms with Crippen molar-refractivity contribution in [3.05, 3.63) is 42.0 Å². The lowest BCUT2D eigenvalue weighted by atomic mass is 10.1. The van der Waals surface area contributed by atoms with E-state index in [2.05, 4.69) is 13.0 Å². The molecule has 0 saturated heterocycles. The van der Waals surface area contributed by atoms with E-state index in [0.29, 0.717) is 5.75 Å². The summed E-state index contributed by atoms with van der Waals surface area (Å²) in [5.41, 5.74) is 1.24. The molecule has 0 heterocycles. The van der Waals surface area contributed by atoms with Crippen molar-refractivity contribution < 1.29 is 5.11 Å². The summed E-state index contributed by atoms with van der Waals surface area (Å²) < 4.78 is 0. The fourth-order valence-corrected chi connectivity index (χ4v) is 1.35. The normalized spacial score (nSPS) is 9.62. The van der Waals surface area contributed by atoms with Crippen LogP contribution in [0.2, 0.25) is 0 Å². The Kier molecular flexibility index (Phi) is 2.62. The zero-order valence-corrected chi connectivity index (χ0v) is 7.49. The largest absolute Gasteiger partial charge is 0.508 e. The Bertz CT molecular complexity index is 382. The number of hydrogen-bond acceptors (Lipinski definition) is 1. The highest BCUT2D eigenvalue weighted by Crippen LogP contribution is 2.20. The average molecular weight is 169 g/mol. The Labute approximate surface area is 79.6 Å². The van der Waals surface area contributed by atoms with Crippen LogP contribution in [0.5, 0.6) is 5.75 Å². The van der Waals surface area contributed by atoms with Gasteiger partial charge < -0.3 is 5.11 Å². The highest BCUT2D eigenvalue weighted by molar-refractivity contribution is 5.84. The Morgan fingerprint density at radius 2 is 1.54 bits per heavy atom. The Morgan fingerprint density at radius 3 is 2.31 bits per heavy atom. The van der Waals surface area contributed by atoms with Crippen LogP contribution in [0.15, 0.2) is 36.4 Å². The van der Waals surface area contributed by atoms with Crippen molar-refractivity contribution in [2.24, 2.45) is 0 Å². The molecule has 0 saturated carbocycles. The fourth-order valence-electron chi connectivity index (χ4n) is 1.35. The zero-order valence-electron chi connectivity index (χ0n) is 7.49. The fraction of sp³-hybridized carbons (Fsp3) is 0.0909. The molecule has 0 aliphatic rings. The molecule has 0 atom stereocenters. The third-order valence-electron chi connectivity index (χ3n) is 1.98. The van der Waals surface area contributed by atoms with Gasteiger partial charge in [0.15, 0.2) is 0 Å². The summed E-state index contributed by atoms with van der Waals surface area (Å²) in [4.78, 5) is 0. The third kappa shape index (κ3) is 1.83. The summed E-state index contributed by atoms with van der Waals surface area (Å²) in [5.74, 6) is 0.325. The molecule has 2 rings (SSSR count). The van der Waals surface area contributed by atoms with Gasteiger partial charge in [0.05, 0.1) is 0 Å². The van der Waals surface area contributed by atoms with Gasteiger partial charge in [-0.2, -0.15) is 0 Å². The summed E-state index contributed by atoms with van der Waals surface area (Å²) in [5, 5.41) is 11.5. The molecule has 0 aliphatic carbocycles. The number of aromatic hydroxyl groups is 1. The first-order valence-corrected chi connectivity index (χ1v) is 3.95. The first-order chi connectivity index (χ1) is 5.75. The molecule has 1 N–H and O–H groups in total. The number of hydrogen-bond donors (Lipinski definition) is 1. The zero-order chi connectivity index (χ0) is 8.55. The lowest BCUT2D eigenvalue weighted by molar-refractivity contribution is 0.476. The first-order valence-electron chi connectivity index (χ1n) is 3.95. The van der Waals surface area contributed by atoms with Gasteiger partial charge in [0, 0.05) is 8.41 Å². The van der Waals surface area contributed by atoms with Gasteiger partial charge in [-0.1, -0.05) is 29.8 Å². The van der Waals surface area contributed by atoms with E-state index in [-0.39, 0.29) is 8.41 Å². The number of benzene rings is 2. The second-order valence-corrected chi connectivity index (χ2v) is 3.03. The van der Waals surface area contributed by atoms with Gasteiger partial charge in [0.25, 0.3) is 0 Å². The standard InChI is InChI=1S/C11H10O.B/c1-8-2-3-10-7-11(12)5-4-9(10)6-8;/h2-7,12H,1H3;. The number of aryl methyl sites for hydroxylation is 1. The summed E-state index contributed by atoms with van der Waals surface area (Å²) in [6.07, 6.45) is 0. The van der Waals surface area contributed by atoms with E-state index in [0.717, 1.165) is 5.39 Å². The number of phenolic OH excluding ortho intramolecular Hbond substituents is 1.